The van der Waals surface area contributed by atoms with Gasteiger partial charge in [0, 0.05) is 5.56 Å². The fourth-order valence-electron chi connectivity index (χ4n) is 6.74. The summed E-state index contributed by atoms with van der Waals surface area (Å²) in [5.74, 6) is 2.32. The Balaban J connectivity index is 1.55. The highest BCUT2D eigenvalue weighted by atomic mass is 28.4. The van der Waals surface area contributed by atoms with Crippen LogP contribution in [0.25, 0.3) is 50.4 Å². The maximum Gasteiger partial charge on any atom is 0.277 e. The van der Waals surface area contributed by atoms with Crippen molar-refractivity contribution in [2.75, 3.05) is 0 Å². The molecule has 45 heavy (non-hydrogen) atoms. The first-order valence-electron chi connectivity index (χ1n) is 15.8. The molecule has 0 bridgehead atoms. The highest BCUT2D eigenvalue weighted by molar-refractivity contribution is 6.86. The molecule has 0 N–H and O–H groups in total. The van der Waals surface area contributed by atoms with Gasteiger partial charge in [0.2, 0.25) is 0 Å². The standard InChI is InChI=1S/C40H37N3OSi/c1-25(2)33-22-29(28-13-8-7-9-14-28)23-34(26(3)4)38(33)43-36-18-11-10-17-35(36)42-40(43)32-16-12-15-31-30-20-19-27(24-41)21-37(30)45(5,6)44-39(31)32/h7-23,25-26H,1-6H3. The van der Waals surface area contributed by atoms with Crippen LogP contribution in [-0.2, 0) is 0 Å². The van der Waals surface area contributed by atoms with Crippen molar-refractivity contribution in [3.63, 3.8) is 0 Å². The second-order valence-electron chi connectivity index (χ2n) is 13.1. The van der Waals surface area contributed by atoms with Crippen molar-refractivity contribution >= 4 is 24.5 Å². The zero-order chi connectivity index (χ0) is 31.5. The van der Waals surface area contributed by atoms with Gasteiger partial charge in [-0.2, -0.15) is 5.26 Å². The van der Waals surface area contributed by atoms with Crippen LogP contribution in [0.2, 0.25) is 13.1 Å². The molecule has 222 valence electrons. The van der Waals surface area contributed by atoms with Crippen LogP contribution in [0.3, 0.4) is 0 Å². The maximum atomic E-state index is 9.62. The Kier molecular flexibility index (Phi) is 6.99. The van der Waals surface area contributed by atoms with E-state index in [2.05, 4.69) is 142 Å². The molecule has 4 nitrogen and oxygen atoms in total. The first-order chi connectivity index (χ1) is 21.7. The molecule has 5 aromatic carbocycles. The third kappa shape index (κ3) is 4.77. The van der Waals surface area contributed by atoms with E-state index in [-0.39, 0.29) is 11.8 Å². The van der Waals surface area contributed by atoms with Gasteiger partial charge in [-0.3, -0.25) is 4.57 Å². The van der Waals surface area contributed by atoms with Crippen LogP contribution < -0.4 is 9.61 Å². The summed E-state index contributed by atoms with van der Waals surface area (Å²) in [6.45, 7) is 13.6. The van der Waals surface area contributed by atoms with Crippen molar-refractivity contribution in [2.45, 2.75) is 52.6 Å². The van der Waals surface area contributed by atoms with E-state index in [1.807, 2.05) is 12.1 Å². The minimum Gasteiger partial charge on any atom is -0.539 e. The van der Waals surface area contributed by atoms with Crippen molar-refractivity contribution < 1.29 is 4.43 Å². The molecule has 0 saturated carbocycles. The monoisotopic (exact) mass is 603 g/mol. The Hall–Kier alpha value is -4.92. The summed E-state index contributed by atoms with van der Waals surface area (Å²) < 4.78 is 9.41. The van der Waals surface area contributed by atoms with E-state index < -0.39 is 8.32 Å². The smallest absolute Gasteiger partial charge is 0.277 e. The lowest BCUT2D eigenvalue weighted by molar-refractivity contribution is 0.564. The summed E-state index contributed by atoms with van der Waals surface area (Å²) in [6.07, 6.45) is 0. The highest BCUT2D eigenvalue weighted by Crippen LogP contribution is 2.46. The van der Waals surface area contributed by atoms with Crippen LogP contribution >= 0.6 is 0 Å². The van der Waals surface area contributed by atoms with Gasteiger partial charge in [-0.25, -0.2) is 4.98 Å². The molecule has 0 saturated heterocycles. The highest BCUT2D eigenvalue weighted by Gasteiger charge is 2.38. The molecule has 0 amide bonds. The van der Waals surface area contributed by atoms with Gasteiger partial charge in [0.25, 0.3) is 8.32 Å². The quantitative estimate of drug-likeness (QED) is 0.184. The number of hydrogen-bond donors (Lipinski definition) is 0. The van der Waals surface area contributed by atoms with Crippen LogP contribution in [0.4, 0.5) is 0 Å². The number of imidazole rings is 1. The Morgan fingerprint density at radius 1 is 0.711 bits per heavy atom. The Morgan fingerprint density at radius 3 is 2.07 bits per heavy atom. The average molecular weight is 604 g/mol. The number of benzene rings is 5. The third-order valence-corrected chi connectivity index (χ3v) is 11.4. The van der Waals surface area contributed by atoms with E-state index in [9.17, 15) is 5.26 Å². The van der Waals surface area contributed by atoms with Gasteiger partial charge in [0.1, 0.15) is 11.6 Å². The predicted molar refractivity (Wildman–Crippen MR) is 188 cm³/mol. The molecule has 1 aliphatic rings. The van der Waals surface area contributed by atoms with Gasteiger partial charge in [-0.05, 0) is 100 Å². The average Bonchev–Trinajstić information content (AvgIpc) is 3.43. The molecule has 7 rings (SSSR count). The number of aromatic nitrogens is 2. The van der Waals surface area contributed by atoms with Gasteiger partial charge in [0.15, 0.2) is 0 Å². The summed E-state index contributed by atoms with van der Waals surface area (Å²) in [4.78, 5) is 5.34. The Bertz CT molecular complexity index is 2100. The van der Waals surface area contributed by atoms with E-state index in [1.165, 1.54) is 27.9 Å². The minimum atomic E-state index is -2.40. The molecular formula is C40H37N3OSi. The number of hydrogen-bond acceptors (Lipinski definition) is 3. The summed E-state index contributed by atoms with van der Waals surface area (Å²) in [5, 5.41) is 10.8. The van der Waals surface area contributed by atoms with E-state index >= 15 is 0 Å². The normalized spacial score (nSPS) is 13.4. The van der Waals surface area contributed by atoms with Gasteiger partial charge in [-0.1, -0.05) is 88.4 Å². The van der Waals surface area contributed by atoms with Crippen LogP contribution in [0.5, 0.6) is 5.75 Å². The number of nitrogens with zero attached hydrogens (tertiary/aromatic N) is 3. The molecule has 0 aliphatic carbocycles. The Labute approximate surface area is 266 Å². The van der Waals surface area contributed by atoms with Crippen LogP contribution in [0.15, 0.2) is 103 Å². The fourth-order valence-corrected chi connectivity index (χ4v) is 8.95. The number of nitriles is 1. The first-order valence-corrected chi connectivity index (χ1v) is 18.7. The molecule has 0 spiro atoms. The summed E-state index contributed by atoms with van der Waals surface area (Å²) in [6, 6.07) is 38.6. The van der Waals surface area contributed by atoms with Crippen LogP contribution in [0, 0.1) is 11.3 Å². The SMILES string of the molecule is CC(C)c1cc(-c2ccccc2)cc(C(C)C)c1-n1c(-c2cccc3c2O[Si](C)(C)c2cc(C#N)ccc2-3)nc2ccccc21. The molecule has 2 heterocycles. The maximum absolute atomic E-state index is 9.62. The zero-order valence-corrected chi connectivity index (χ0v) is 27.7. The van der Waals surface area contributed by atoms with Gasteiger partial charge >= 0.3 is 0 Å². The zero-order valence-electron chi connectivity index (χ0n) is 26.7. The molecule has 5 heteroatoms. The molecule has 0 unspecified atom stereocenters. The van der Waals surface area contributed by atoms with Crippen LogP contribution in [0.1, 0.15) is 56.2 Å². The van der Waals surface area contributed by atoms with Gasteiger partial charge < -0.3 is 4.43 Å². The lowest BCUT2D eigenvalue weighted by atomic mass is 9.88. The first kappa shape index (κ1) is 28.8. The van der Waals surface area contributed by atoms with Crippen molar-refractivity contribution in [2.24, 2.45) is 0 Å². The molecule has 6 aromatic rings. The molecule has 0 radical (unpaired) electrons. The second-order valence-corrected chi connectivity index (χ2v) is 16.9. The lowest BCUT2D eigenvalue weighted by Gasteiger charge is -2.34. The predicted octanol–water partition coefficient (Wildman–Crippen LogP) is 9.95. The number of para-hydroxylation sites is 3. The summed E-state index contributed by atoms with van der Waals surface area (Å²) >= 11 is 0. The van der Waals surface area contributed by atoms with E-state index in [4.69, 9.17) is 9.41 Å². The lowest BCUT2D eigenvalue weighted by Crippen LogP contribution is -2.51. The molecular weight excluding hydrogens is 567 g/mol. The molecule has 1 aromatic heterocycles. The van der Waals surface area contributed by atoms with E-state index in [0.717, 1.165) is 44.5 Å². The molecule has 0 atom stereocenters. The fraction of sp³-hybridized carbons (Fsp3) is 0.200. The van der Waals surface area contributed by atoms with Gasteiger partial charge in [-0.15, -0.1) is 0 Å². The number of fused-ring (bicyclic) bond motifs is 4. The third-order valence-electron chi connectivity index (χ3n) is 9.01. The van der Waals surface area contributed by atoms with E-state index in [1.54, 1.807) is 0 Å². The topological polar surface area (TPSA) is 50.8 Å². The van der Waals surface area contributed by atoms with Gasteiger partial charge in [0.05, 0.1) is 33.9 Å². The summed E-state index contributed by atoms with van der Waals surface area (Å²) in [7, 11) is -2.40. The van der Waals surface area contributed by atoms with Crippen molar-refractivity contribution in [1.82, 2.24) is 9.55 Å². The van der Waals surface area contributed by atoms with Crippen molar-refractivity contribution in [3.05, 3.63) is 120 Å². The Morgan fingerprint density at radius 2 is 1.38 bits per heavy atom. The van der Waals surface area contributed by atoms with Crippen molar-refractivity contribution in [1.29, 1.82) is 5.26 Å². The van der Waals surface area contributed by atoms with E-state index in [0.29, 0.717) is 5.56 Å². The number of rotatable bonds is 5. The molecule has 1 aliphatic heterocycles. The van der Waals surface area contributed by atoms with Crippen molar-refractivity contribution in [3.8, 4) is 51.1 Å². The summed E-state index contributed by atoms with van der Waals surface area (Å²) in [5.41, 5.74) is 12.1. The minimum absolute atomic E-state index is 0.281. The molecule has 0 fully saturated rings. The van der Waals surface area contributed by atoms with Crippen LogP contribution in [-0.4, -0.2) is 17.9 Å². The second kappa shape index (κ2) is 10.9. The largest absolute Gasteiger partial charge is 0.539 e.